The molecule has 1 unspecified atom stereocenters. The standard InChI is InChI=1S/C8H9F2NO/c1-5-3-8(12-6(2)9)11-4-7(5)10/h3-4,6H,1-2H3. The topological polar surface area (TPSA) is 22.1 Å². The summed E-state index contributed by atoms with van der Waals surface area (Å²) in [4.78, 5) is 3.54. The average molecular weight is 173 g/mol. The van der Waals surface area contributed by atoms with Gasteiger partial charge in [0.15, 0.2) is 0 Å². The lowest BCUT2D eigenvalue weighted by Crippen LogP contribution is -2.05. The van der Waals surface area contributed by atoms with Crippen LogP contribution in [0.5, 0.6) is 5.88 Å². The minimum Gasteiger partial charge on any atom is -0.444 e. The molecule has 0 aliphatic carbocycles. The molecular formula is C8H9F2NO. The maximum absolute atomic E-state index is 12.6. The van der Waals surface area contributed by atoms with Crippen LogP contribution >= 0.6 is 0 Å². The Hall–Kier alpha value is -1.19. The van der Waals surface area contributed by atoms with Gasteiger partial charge in [0, 0.05) is 13.0 Å². The Bertz CT molecular complexity index is 276. The van der Waals surface area contributed by atoms with Crippen molar-refractivity contribution in [2.45, 2.75) is 20.2 Å². The summed E-state index contributed by atoms with van der Waals surface area (Å²) in [5.74, 6) is -0.322. The Morgan fingerprint density at radius 2 is 2.25 bits per heavy atom. The Kier molecular flexibility index (Phi) is 2.58. The van der Waals surface area contributed by atoms with E-state index < -0.39 is 12.2 Å². The highest BCUT2D eigenvalue weighted by Crippen LogP contribution is 2.13. The van der Waals surface area contributed by atoms with Crippen molar-refractivity contribution in [1.29, 1.82) is 0 Å². The molecule has 2 nitrogen and oxygen atoms in total. The van der Waals surface area contributed by atoms with Gasteiger partial charge in [0.2, 0.25) is 12.2 Å². The number of ether oxygens (including phenoxy) is 1. The van der Waals surface area contributed by atoms with E-state index in [-0.39, 0.29) is 5.88 Å². The van der Waals surface area contributed by atoms with Crippen LogP contribution < -0.4 is 4.74 Å². The van der Waals surface area contributed by atoms with E-state index in [0.717, 1.165) is 6.20 Å². The van der Waals surface area contributed by atoms with Gasteiger partial charge >= 0.3 is 0 Å². The molecule has 1 aromatic heterocycles. The van der Waals surface area contributed by atoms with Crippen molar-refractivity contribution in [2.24, 2.45) is 0 Å². The Balaban J connectivity index is 2.82. The highest BCUT2D eigenvalue weighted by atomic mass is 19.1. The minimum atomic E-state index is -1.43. The molecule has 1 rings (SSSR count). The van der Waals surface area contributed by atoms with Gasteiger partial charge in [0.1, 0.15) is 5.82 Å². The molecule has 0 aliphatic rings. The zero-order valence-corrected chi connectivity index (χ0v) is 6.84. The highest BCUT2D eigenvalue weighted by molar-refractivity contribution is 5.20. The van der Waals surface area contributed by atoms with E-state index in [2.05, 4.69) is 9.72 Å². The van der Waals surface area contributed by atoms with Gasteiger partial charge in [0.25, 0.3) is 0 Å². The molecule has 1 heterocycles. The molecule has 12 heavy (non-hydrogen) atoms. The third-order valence-corrected chi connectivity index (χ3v) is 1.30. The number of nitrogens with zero attached hydrogens (tertiary/aromatic N) is 1. The van der Waals surface area contributed by atoms with Crippen LogP contribution in [0.4, 0.5) is 8.78 Å². The molecule has 0 N–H and O–H groups in total. The van der Waals surface area contributed by atoms with E-state index in [4.69, 9.17) is 0 Å². The predicted molar refractivity (Wildman–Crippen MR) is 40.1 cm³/mol. The maximum atomic E-state index is 12.6. The number of aryl methyl sites for hydroxylation is 1. The van der Waals surface area contributed by atoms with E-state index in [0.29, 0.717) is 5.56 Å². The summed E-state index contributed by atoms with van der Waals surface area (Å²) in [6, 6.07) is 1.35. The first-order valence-corrected chi connectivity index (χ1v) is 3.52. The lowest BCUT2D eigenvalue weighted by Gasteiger charge is -2.05. The SMILES string of the molecule is Cc1cc(OC(C)F)ncc1F. The van der Waals surface area contributed by atoms with E-state index in [1.54, 1.807) is 6.92 Å². The number of hydrogen-bond acceptors (Lipinski definition) is 2. The van der Waals surface area contributed by atoms with E-state index in [9.17, 15) is 8.78 Å². The lowest BCUT2D eigenvalue weighted by atomic mass is 10.3. The molecule has 1 atom stereocenters. The summed E-state index contributed by atoms with van der Waals surface area (Å²) in [7, 11) is 0. The molecule has 0 saturated carbocycles. The molecule has 66 valence electrons. The molecule has 0 aromatic carbocycles. The van der Waals surface area contributed by atoms with E-state index >= 15 is 0 Å². The lowest BCUT2D eigenvalue weighted by molar-refractivity contribution is 0.0807. The second-order valence-corrected chi connectivity index (χ2v) is 2.43. The van der Waals surface area contributed by atoms with Crippen LogP contribution in [-0.2, 0) is 0 Å². The van der Waals surface area contributed by atoms with Crippen LogP contribution in [0.15, 0.2) is 12.3 Å². The van der Waals surface area contributed by atoms with Crippen molar-refractivity contribution in [3.05, 3.63) is 23.6 Å². The average Bonchev–Trinajstić information content (AvgIpc) is 1.96. The van der Waals surface area contributed by atoms with Crippen molar-refractivity contribution >= 4 is 0 Å². The van der Waals surface area contributed by atoms with Crippen LogP contribution in [0.25, 0.3) is 0 Å². The Labute approximate surface area is 69.2 Å². The molecule has 4 heteroatoms. The van der Waals surface area contributed by atoms with Crippen molar-refractivity contribution < 1.29 is 13.5 Å². The van der Waals surface area contributed by atoms with Crippen molar-refractivity contribution in [2.75, 3.05) is 0 Å². The van der Waals surface area contributed by atoms with E-state index in [1.165, 1.54) is 13.0 Å². The Morgan fingerprint density at radius 1 is 1.58 bits per heavy atom. The van der Waals surface area contributed by atoms with Gasteiger partial charge in [-0.15, -0.1) is 0 Å². The third-order valence-electron chi connectivity index (χ3n) is 1.30. The molecule has 0 aliphatic heterocycles. The van der Waals surface area contributed by atoms with Gasteiger partial charge in [-0.2, -0.15) is 0 Å². The van der Waals surface area contributed by atoms with Gasteiger partial charge in [-0.3, -0.25) is 0 Å². The van der Waals surface area contributed by atoms with Gasteiger partial charge in [-0.1, -0.05) is 0 Å². The predicted octanol–water partition coefficient (Wildman–Crippen LogP) is 2.22. The minimum absolute atomic E-state index is 0.101. The van der Waals surface area contributed by atoms with Crippen molar-refractivity contribution in [3.63, 3.8) is 0 Å². The van der Waals surface area contributed by atoms with Gasteiger partial charge < -0.3 is 4.74 Å². The van der Waals surface area contributed by atoms with E-state index in [1.807, 2.05) is 0 Å². The molecule has 0 saturated heterocycles. The smallest absolute Gasteiger partial charge is 0.237 e. The largest absolute Gasteiger partial charge is 0.444 e. The second-order valence-electron chi connectivity index (χ2n) is 2.43. The number of pyridine rings is 1. The number of hydrogen-bond donors (Lipinski definition) is 0. The first-order valence-electron chi connectivity index (χ1n) is 3.52. The fraction of sp³-hybridized carbons (Fsp3) is 0.375. The zero-order valence-electron chi connectivity index (χ0n) is 6.84. The van der Waals surface area contributed by atoms with Crippen LogP contribution in [0.2, 0.25) is 0 Å². The fourth-order valence-electron chi connectivity index (χ4n) is 0.744. The van der Waals surface area contributed by atoms with Gasteiger partial charge in [-0.25, -0.2) is 13.8 Å². The molecule has 0 fully saturated rings. The normalized spacial score (nSPS) is 12.7. The molecule has 0 bridgehead atoms. The highest BCUT2D eigenvalue weighted by Gasteiger charge is 2.04. The van der Waals surface area contributed by atoms with Crippen molar-refractivity contribution in [1.82, 2.24) is 4.98 Å². The quantitative estimate of drug-likeness (QED) is 0.684. The summed E-state index contributed by atoms with van der Waals surface area (Å²) in [5.41, 5.74) is 0.389. The molecule has 1 aromatic rings. The first-order chi connectivity index (χ1) is 5.59. The summed E-state index contributed by atoms with van der Waals surface area (Å²) >= 11 is 0. The summed E-state index contributed by atoms with van der Waals surface area (Å²) in [5, 5.41) is 0. The second kappa shape index (κ2) is 3.47. The van der Waals surface area contributed by atoms with Crippen LogP contribution in [0, 0.1) is 12.7 Å². The number of aromatic nitrogens is 1. The third kappa shape index (κ3) is 2.15. The summed E-state index contributed by atoms with van der Waals surface area (Å²) in [6.07, 6.45) is -0.421. The monoisotopic (exact) mass is 173 g/mol. The first kappa shape index (κ1) is 8.90. The Morgan fingerprint density at radius 3 is 2.75 bits per heavy atom. The maximum Gasteiger partial charge on any atom is 0.237 e. The van der Waals surface area contributed by atoms with Crippen LogP contribution in [0.3, 0.4) is 0 Å². The number of halogens is 2. The fourth-order valence-corrected chi connectivity index (χ4v) is 0.744. The molecule has 0 spiro atoms. The summed E-state index contributed by atoms with van der Waals surface area (Å²) in [6.45, 7) is 2.80. The molecule has 0 radical (unpaired) electrons. The molecule has 0 amide bonds. The zero-order chi connectivity index (χ0) is 9.14. The number of alkyl halides is 1. The van der Waals surface area contributed by atoms with Gasteiger partial charge in [0.05, 0.1) is 6.20 Å². The van der Waals surface area contributed by atoms with Crippen LogP contribution in [-0.4, -0.2) is 11.3 Å². The van der Waals surface area contributed by atoms with Gasteiger partial charge in [-0.05, 0) is 12.5 Å². The van der Waals surface area contributed by atoms with Crippen molar-refractivity contribution in [3.8, 4) is 5.88 Å². The van der Waals surface area contributed by atoms with Crippen LogP contribution in [0.1, 0.15) is 12.5 Å². The molecular weight excluding hydrogens is 164 g/mol. The number of rotatable bonds is 2. The summed E-state index contributed by atoms with van der Waals surface area (Å²) < 4.78 is 29.5.